The number of nitrogens with zero attached hydrogens (tertiary/aromatic N) is 2. The summed E-state index contributed by atoms with van der Waals surface area (Å²) in [6.07, 6.45) is 3.28. The van der Waals surface area contributed by atoms with Crippen molar-refractivity contribution >= 4 is 27.5 Å². The number of nitrogens with one attached hydrogen (secondary N) is 1. The fourth-order valence-corrected chi connectivity index (χ4v) is 6.15. The standard InChI is InChI=1S/C25H31N3O5S/c1-3-24(29)28-22-12-11-21(34(31,32)27-13-5-4-6-14-27)15-19(22)16-23(28)25(30)26-17-18-7-9-20(33-2)10-8-18/h7-12,15,23H,3-6,13-14,16-17H2,1-2H3,(H,26,30). The number of carbonyl (C=O) groups excluding carboxylic acids is 2. The molecule has 0 aromatic heterocycles. The van der Waals surface area contributed by atoms with Gasteiger partial charge in [-0.05, 0) is 54.3 Å². The maximum atomic E-state index is 13.1. The first kappa shape index (κ1) is 24.2. The number of fused-ring (bicyclic) bond motifs is 1. The molecule has 1 unspecified atom stereocenters. The van der Waals surface area contributed by atoms with E-state index in [1.807, 2.05) is 24.3 Å². The molecule has 0 spiro atoms. The van der Waals surface area contributed by atoms with Crippen LogP contribution in [-0.4, -0.2) is 50.8 Å². The van der Waals surface area contributed by atoms with E-state index < -0.39 is 16.1 Å². The number of ether oxygens (including phenoxy) is 1. The summed E-state index contributed by atoms with van der Waals surface area (Å²) in [7, 11) is -2.00. The molecular formula is C25H31N3O5S. The minimum absolute atomic E-state index is 0.171. The van der Waals surface area contributed by atoms with Crippen LogP contribution in [0.5, 0.6) is 5.75 Å². The van der Waals surface area contributed by atoms with Gasteiger partial charge in [0.1, 0.15) is 11.8 Å². The highest BCUT2D eigenvalue weighted by Gasteiger charge is 2.38. The van der Waals surface area contributed by atoms with Crippen molar-refractivity contribution in [1.29, 1.82) is 0 Å². The van der Waals surface area contributed by atoms with Crippen LogP contribution < -0.4 is 15.0 Å². The maximum Gasteiger partial charge on any atom is 0.243 e. The third-order valence-corrected chi connectivity index (χ3v) is 8.38. The molecular weight excluding hydrogens is 454 g/mol. The molecule has 1 N–H and O–H groups in total. The molecule has 8 nitrogen and oxygen atoms in total. The molecule has 1 fully saturated rings. The Hall–Kier alpha value is -2.91. The zero-order chi connectivity index (χ0) is 24.3. The van der Waals surface area contributed by atoms with Crippen molar-refractivity contribution in [1.82, 2.24) is 9.62 Å². The number of methoxy groups -OCH3 is 1. The molecule has 2 aliphatic heterocycles. The number of hydrogen-bond acceptors (Lipinski definition) is 5. The zero-order valence-electron chi connectivity index (χ0n) is 19.6. The van der Waals surface area contributed by atoms with Gasteiger partial charge in [-0.1, -0.05) is 25.5 Å². The largest absolute Gasteiger partial charge is 0.497 e. The van der Waals surface area contributed by atoms with Gasteiger partial charge in [0.25, 0.3) is 0 Å². The van der Waals surface area contributed by atoms with E-state index in [2.05, 4.69) is 5.32 Å². The highest BCUT2D eigenvalue weighted by Crippen LogP contribution is 2.35. The summed E-state index contributed by atoms with van der Waals surface area (Å²) in [4.78, 5) is 27.6. The lowest BCUT2D eigenvalue weighted by atomic mass is 10.1. The number of piperidine rings is 1. The molecule has 2 aromatic carbocycles. The van der Waals surface area contributed by atoms with E-state index in [1.54, 1.807) is 32.2 Å². The van der Waals surface area contributed by atoms with Gasteiger partial charge in [0.2, 0.25) is 21.8 Å². The number of sulfonamides is 1. The van der Waals surface area contributed by atoms with Gasteiger partial charge in [-0.2, -0.15) is 4.31 Å². The Morgan fingerprint density at radius 3 is 2.41 bits per heavy atom. The van der Waals surface area contributed by atoms with Crippen LogP contribution in [0.2, 0.25) is 0 Å². The maximum absolute atomic E-state index is 13.1. The van der Waals surface area contributed by atoms with Gasteiger partial charge in [-0.15, -0.1) is 0 Å². The SMILES string of the molecule is CCC(=O)N1c2ccc(S(=O)(=O)N3CCCCC3)cc2CC1C(=O)NCc1ccc(OC)cc1. The van der Waals surface area contributed by atoms with E-state index in [9.17, 15) is 18.0 Å². The Bertz CT molecular complexity index is 1160. The Balaban J connectivity index is 1.54. The number of anilines is 1. The predicted molar refractivity (Wildman–Crippen MR) is 129 cm³/mol. The summed E-state index contributed by atoms with van der Waals surface area (Å²) in [5.74, 6) is 0.292. The summed E-state index contributed by atoms with van der Waals surface area (Å²) in [5, 5.41) is 2.92. The van der Waals surface area contributed by atoms with Crippen molar-refractivity contribution in [3.63, 3.8) is 0 Å². The second-order valence-electron chi connectivity index (χ2n) is 8.66. The van der Waals surface area contributed by atoms with Crippen LogP contribution in [0, 0.1) is 0 Å². The monoisotopic (exact) mass is 485 g/mol. The minimum atomic E-state index is -3.60. The van der Waals surface area contributed by atoms with Crippen molar-refractivity contribution in [3.05, 3.63) is 53.6 Å². The van der Waals surface area contributed by atoms with Crippen molar-refractivity contribution in [3.8, 4) is 5.75 Å². The van der Waals surface area contributed by atoms with E-state index in [0.717, 1.165) is 30.6 Å². The number of hydrogen-bond donors (Lipinski definition) is 1. The van der Waals surface area contributed by atoms with Gasteiger partial charge < -0.3 is 10.1 Å². The minimum Gasteiger partial charge on any atom is -0.497 e. The summed E-state index contributed by atoms with van der Waals surface area (Å²) in [6, 6.07) is 11.5. The fourth-order valence-electron chi connectivity index (χ4n) is 4.58. The quantitative estimate of drug-likeness (QED) is 0.651. The first-order valence-corrected chi connectivity index (χ1v) is 13.1. The Morgan fingerprint density at radius 1 is 1.06 bits per heavy atom. The molecule has 1 atom stereocenters. The molecule has 0 aliphatic carbocycles. The molecule has 182 valence electrons. The van der Waals surface area contributed by atoms with Crippen LogP contribution >= 0.6 is 0 Å². The Morgan fingerprint density at radius 2 is 1.76 bits per heavy atom. The molecule has 2 aliphatic rings. The van der Waals surface area contributed by atoms with Crippen LogP contribution in [0.4, 0.5) is 5.69 Å². The second-order valence-corrected chi connectivity index (χ2v) is 10.6. The number of rotatable bonds is 7. The van der Waals surface area contributed by atoms with Gasteiger partial charge in [-0.3, -0.25) is 14.5 Å². The molecule has 34 heavy (non-hydrogen) atoms. The average molecular weight is 486 g/mol. The molecule has 9 heteroatoms. The van der Waals surface area contributed by atoms with Gasteiger partial charge >= 0.3 is 0 Å². The van der Waals surface area contributed by atoms with Crippen LogP contribution in [0.1, 0.15) is 43.7 Å². The number of carbonyl (C=O) groups is 2. The molecule has 0 radical (unpaired) electrons. The highest BCUT2D eigenvalue weighted by atomic mass is 32.2. The first-order valence-electron chi connectivity index (χ1n) is 11.7. The molecule has 2 amide bonds. The number of benzene rings is 2. The molecule has 0 saturated carbocycles. The topological polar surface area (TPSA) is 96.0 Å². The lowest BCUT2D eigenvalue weighted by Crippen LogP contribution is -2.47. The summed E-state index contributed by atoms with van der Waals surface area (Å²) < 4.78 is 33.0. The van der Waals surface area contributed by atoms with E-state index in [1.165, 1.54) is 9.21 Å². The Labute approximate surface area is 200 Å². The normalized spacial score (nSPS) is 18.4. The van der Waals surface area contributed by atoms with E-state index in [4.69, 9.17) is 4.74 Å². The van der Waals surface area contributed by atoms with Gasteiger partial charge in [0.05, 0.1) is 12.0 Å². The lowest BCUT2D eigenvalue weighted by Gasteiger charge is -2.26. The number of amides is 2. The summed E-state index contributed by atoms with van der Waals surface area (Å²) >= 11 is 0. The molecule has 0 bridgehead atoms. The van der Waals surface area contributed by atoms with Crippen molar-refractivity contribution in [2.45, 2.75) is 56.5 Å². The van der Waals surface area contributed by atoms with E-state index in [0.29, 0.717) is 30.9 Å². The lowest BCUT2D eigenvalue weighted by molar-refractivity contribution is -0.126. The van der Waals surface area contributed by atoms with Gasteiger partial charge in [0, 0.05) is 38.2 Å². The van der Waals surface area contributed by atoms with Gasteiger partial charge in [0.15, 0.2) is 0 Å². The fraction of sp³-hybridized carbons (Fsp3) is 0.440. The molecule has 1 saturated heterocycles. The molecule has 4 rings (SSSR count). The average Bonchev–Trinajstić information content (AvgIpc) is 3.26. The summed E-state index contributed by atoms with van der Waals surface area (Å²) in [5.41, 5.74) is 2.21. The van der Waals surface area contributed by atoms with Crippen LogP contribution in [0.3, 0.4) is 0 Å². The zero-order valence-corrected chi connectivity index (χ0v) is 20.4. The van der Waals surface area contributed by atoms with Crippen LogP contribution in [0.25, 0.3) is 0 Å². The van der Waals surface area contributed by atoms with E-state index in [-0.39, 0.29) is 29.6 Å². The highest BCUT2D eigenvalue weighted by molar-refractivity contribution is 7.89. The second kappa shape index (κ2) is 10.1. The van der Waals surface area contributed by atoms with Gasteiger partial charge in [-0.25, -0.2) is 8.42 Å². The Kier molecular flexibility index (Phi) is 7.23. The third kappa shape index (κ3) is 4.81. The van der Waals surface area contributed by atoms with Crippen molar-refractivity contribution < 1.29 is 22.7 Å². The van der Waals surface area contributed by atoms with E-state index >= 15 is 0 Å². The molecule has 2 heterocycles. The first-order chi connectivity index (χ1) is 16.3. The van der Waals surface area contributed by atoms with Crippen molar-refractivity contribution in [2.75, 3.05) is 25.1 Å². The van der Waals surface area contributed by atoms with Crippen molar-refractivity contribution in [2.24, 2.45) is 0 Å². The van der Waals surface area contributed by atoms with Crippen LogP contribution in [-0.2, 0) is 32.6 Å². The smallest absolute Gasteiger partial charge is 0.243 e. The summed E-state index contributed by atoms with van der Waals surface area (Å²) in [6.45, 7) is 3.12. The third-order valence-electron chi connectivity index (χ3n) is 6.49. The molecule has 2 aromatic rings. The van der Waals surface area contributed by atoms with Crippen LogP contribution in [0.15, 0.2) is 47.4 Å². The predicted octanol–water partition coefficient (Wildman–Crippen LogP) is 2.85.